The molecule has 0 radical (unpaired) electrons. The molecule has 1 heteroatoms. The van der Waals surface area contributed by atoms with Gasteiger partial charge in [-0.1, -0.05) is 84.9 Å². The van der Waals surface area contributed by atoms with Gasteiger partial charge in [0.25, 0.3) is 0 Å². The van der Waals surface area contributed by atoms with Crippen LogP contribution >= 0.6 is 0 Å². The summed E-state index contributed by atoms with van der Waals surface area (Å²) in [6.07, 6.45) is 0.805. The number of rotatable bonds is 3. The Bertz CT molecular complexity index is 1550. The van der Waals surface area contributed by atoms with E-state index >= 15 is 0 Å². The first-order chi connectivity index (χ1) is 15.3. The van der Waals surface area contributed by atoms with E-state index < -0.39 is 0 Å². The molecule has 1 nitrogen and oxygen atoms in total. The molecule has 0 amide bonds. The predicted octanol–water partition coefficient (Wildman–Crippen LogP) is 8.31. The van der Waals surface area contributed by atoms with E-state index in [-0.39, 0.29) is 0 Å². The Hall–Kier alpha value is -3.84. The van der Waals surface area contributed by atoms with Crippen molar-refractivity contribution in [1.82, 2.24) is 0 Å². The van der Waals surface area contributed by atoms with Crippen LogP contribution in [0.4, 0.5) is 0 Å². The summed E-state index contributed by atoms with van der Waals surface area (Å²) in [6, 6.07) is 36.8. The van der Waals surface area contributed by atoms with E-state index in [1.807, 2.05) is 6.07 Å². The third-order valence-corrected chi connectivity index (χ3v) is 6.15. The largest absolute Gasteiger partial charge is 0.461 e. The van der Waals surface area contributed by atoms with Crippen LogP contribution in [0.1, 0.15) is 16.9 Å². The fourth-order valence-corrected chi connectivity index (χ4v) is 4.70. The highest BCUT2D eigenvalue weighted by Gasteiger charge is 2.13. The van der Waals surface area contributed by atoms with Crippen molar-refractivity contribution in [3.05, 3.63) is 120 Å². The van der Waals surface area contributed by atoms with E-state index in [1.54, 1.807) is 0 Å². The fraction of sp³-hybridized carbons (Fsp3) is 0.0667. The topological polar surface area (TPSA) is 13.1 Å². The first-order valence-electron chi connectivity index (χ1n) is 10.7. The van der Waals surface area contributed by atoms with Crippen molar-refractivity contribution in [2.75, 3.05) is 0 Å². The Balaban J connectivity index is 1.52. The van der Waals surface area contributed by atoms with Crippen LogP contribution < -0.4 is 0 Å². The number of aryl methyl sites for hydroxylation is 1. The molecule has 6 aromatic rings. The van der Waals surface area contributed by atoms with E-state index in [0.29, 0.717) is 0 Å². The first-order valence-corrected chi connectivity index (χ1v) is 10.7. The maximum absolute atomic E-state index is 6.32. The third kappa shape index (κ3) is 3.10. The average Bonchev–Trinajstić information content (AvgIpc) is 3.27. The molecule has 0 unspecified atom stereocenters. The monoisotopic (exact) mass is 398 g/mol. The molecule has 0 aliphatic heterocycles. The van der Waals surface area contributed by atoms with Crippen molar-refractivity contribution in [1.29, 1.82) is 0 Å². The van der Waals surface area contributed by atoms with Crippen molar-refractivity contribution in [2.24, 2.45) is 0 Å². The van der Waals surface area contributed by atoms with Crippen LogP contribution in [0.3, 0.4) is 0 Å². The van der Waals surface area contributed by atoms with Crippen LogP contribution in [0, 0.1) is 6.92 Å². The molecule has 31 heavy (non-hydrogen) atoms. The van der Waals surface area contributed by atoms with E-state index in [9.17, 15) is 0 Å². The maximum atomic E-state index is 6.32. The van der Waals surface area contributed by atoms with Crippen molar-refractivity contribution in [3.63, 3.8) is 0 Å². The number of benzene rings is 5. The summed E-state index contributed by atoms with van der Waals surface area (Å²) in [7, 11) is 0. The first kappa shape index (κ1) is 18.0. The van der Waals surface area contributed by atoms with Gasteiger partial charge in [-0.2, -0.15) is 0 Å². The highest BCUT2D eigenvalue weighted by Crippen LogP contribution is 2.37. The number of furan rings is 1. The van der Waals surface area contributed by atoms with Gasteiger partial charge in [-0.3, -0.25) is 0 Å². The lowest BCUT2D eigenvalue weighted by Crippen LogP contribution is -1.86. The SMILES string of the molecule is Cc1cc(-c2ccc(Cc3ccccc3)o2)c2ccc3c4ccccc4ccc3c2c1. The molecule has 0 aliphatic carbocycles. The summed E-state index contributed by atoms with van der Waals surface area (Å²) in [5.74, 6) is 1.92. The Kier molecular flexibility index (Phi) is 4.14. The van der Waals surface area contributed by atoms with Crippen LogP contribution in [-0.4, -0.2) is 0 Å². The summed E-state index contributed by atoms with van der Waals surface area (Å²) < 4.78 is 6.32. The zero-order valence-electron chi connectivity index (χ0n) is 17.4. The van der Waals surface area contributed by atoms with Crippen molar-refractivity contribution in [2.45, 2.75) is 13.3 Å². The summed E-state index contributed by atoms with van der Waals surface area (Å²) in [5, 5.41) is 7.67. The molecule has 1 aromatic heterocycles. The minimum Gasteiger partial charge on any atom is -0.461 e. The molecule has 0 aliphatic rings. The Morgan fingerprint density at radius 2 is 1.32 bits per heavy atom. The molecule has 0 atom stereocenters. The summed E-state index contributed by atoms with van der Waals surface area (Å²) in [5.41, 5.74) is 3.66. The normalized spacial score (nSPS) is 11.5. The van der Waals surface area contributed by atoms with Gasteiger partial charge in [0.15, 0.2) is 0 Å². The molecule has 0 saturated carbocycles. The highest BCUT2D eigenvalue weighted by molar-refractivity contribution is 6.19. The lowest BCUT2D eigenvalue weighted by molar-refractivity contribution is 0.535. The third-order valence-electron chi connectivity index (χ3n) is 6.15. The highest BCUT2D eigenvalue weighted by atomic mass is 16.3. The zero-order chi connectivity index (χ0) is 20.8. The molecular weight excluding hydrogens is 376 g/mol. The molecule has 0 spiro atoms. The zero-order valence-corrected chi connectivity index (χ0v) is 17.4. The van der Waals surface area contributed by atoms with Gasteiger partial charge in [0.2, 0.25) is 0 Å². The molecule has 148 valence electrons. The fourth-order valence-electron chi connectivity index (χ4n) is 4.70. The molecule has 6 rings (SSSR count). The van der Waals surface area contributed by atoms with Crippen molar-refractivity contribution >= 4 is 32.3 Å². The lowest BCUT2D eigenvalue weighted by atomic mass is 9.93. The minimum atomic E-state index is 0.805. The van der Waals surface area contributed by atoms with E-state index in [4.69, 9.17) is 4.42 Å². The van der Waals surface area contributed by atoms with Crippen LogP contribution in [0.25, 0.3) is 43.6 Å². The average molecular weight is 399 g/mol. The van der Waals surface area contributed by atoms with Gasteiger partial charge in [-0.05, 0) is 68.6 Å². The Morgan fingerprint density at radius 1 is 0.581 bits per heavy atom. The van der Waals surface area contributed by atoms with Gasteiger partial charge in [0.1, 0.15) is 11.5 Å². The maximum Gasteiger partial charge on any atom is 0.134 e. The predicted molar refractivity (Wildman–Crippen MR) is 131 cm³/mol. The van der Waals surface area contributed by atoms with Gasteiger partial charge in [-0.15, -0.1) is 0 Å². The Labute approximate surface area is 181 Å². The molecule has 0 fully saturated rings. The van der Waals surface area contributed by atoms with Gasteiger partial charge < -0.3 is 4.42 Å². The molecule has 1 heterocycles. The van der Waals surface area contributed by atoms with Crippen molar-refractivity contribution in [3.8, 4) is 11.3 Å². The van der Waals surface area contributed by atoms with Crippen LogP contribution in [0.2, 0.25) is 0 Å². The Morgan fingerprint density at radius 3 is 2.23 bits per heavy atom. The summed E-state index contributed by atoms with van der Waals surface area (Å²) in [4.78, 5) is 0. The van der Waals surface area contributed by atoms with Gasteiger partial charge in [-0.25, -0.2) is 0 Å². The van der Waals surface area contributed by atoms with Gasteiger partial charge >= 0.3 is 0 Å². The second kappa shape index (κ2) is 7.14. The molecule has 0 N–H and O–H groups in total. The van der Waals surface area contributed by atoms with Gasteiger partial charge in [0, 0.05) is 12.0 Å². The van der Waals surface area contributed by atoms with E-state index in [2.05, 4.69) is 104 Å². The molecule has 0 bridgehead atoms. The van der Waals surface area contributed by atoms with E-state index in [0.717, 1.165) is 23.5 Å². The minimum absolute atomic E-state index is 0.805. The molecular formula is C30H22O. The van der Waals surface area contributed by atoms with Crippen molar-refractivity contribution < 1.29 is 4.42 Å². The number of fused-ring (bicyclic) bond motifs is 5. The van der Waals surface area contributed by atoms with Crippen LogP contribution in [-0.2, 0) is 6.42 Å². The van der Waals surface area contributed by atoms with Crippen LogP contribution in [0.5, 0.6) is 0 Å². The van der Waals surface area contributed by atoms with Crippen LogP contribution in [0.15, 0.2) is 108 Å². The van der Waals surface area contributed by atoms with Gasteiger partial charge in [0.05, 0.1) is 0 Å². The molecule has 5 aromatic carbocycles. The number of hydrogen-bond donors (Lipinski definition) is 0. The smallest absolute Gasteiger partial charge is 0.134 e. The second-order valence-electron chi connectivity index (χ2n) is 8.28. The molecule has 0 saturated heterocycles. The lowest BCUT2D eigenvalue weighted by Gasteiger charge is -2.11. The second-order valence-corrected chi connectivity index (χ2v) is 8.28. The number of hydrogen-bond acceptors (Lipinski definition) is 1. The summed E-state index contributed by atoms with van der Waals surface area (Å²) in [6.45, 7) is 2.16. The van der Waals surface area contributed by atoms with E-state index in [1.165, 1.54) is 43.4 Å². The summed E-state index contributed by atoms with van der Waals surface area (Å²) >= 11 is 0. The quantitative estimate of drug-likeness (QED) is 0.273. The standard InChI is InChI=1S/C30H22O/c1-20-17-28-26-13-11-22-9-5-6-10-24(22)25(26)14-15-27(28)29(18-20)30-16-12-23(31-30)19-21-7-3-2-4-8-21/h2-18H,19H2,1H3.